The van der Waals surface area contributed by atoms with Gasteiger partial charge in [-0.2, -0.15) is 46.7 Å². The number of nitrogens with zero attached hydrogens (tertiary/aromatic N) is 9. The fraction of sp³-hybridized carbons (Fsp3) is 0.111. The maximum Gasteiger partial charge on any atom is 1.00 e. The van der Waals surface area contributed by atoms with Crippen LogP contribution in [0.5, 0.6) is 5.88 Å². The van der Waals surface area contributed by atoms with Crippen LogP contribution in [0.2, 0.25) is 10.6 Å². The van der Waals surface area contributed by atoms with Crippen molar-refractivity contribution in [3.05, 3.63) is 62.4 Å². The van der Waals surface area contributed by atoms with E-state index in [2.05, 4.69) is 50.8 Å². The summed E-state index contributed by atoms with van der Waals surface area (Å²) in [5.74, 6) is -4.35. The first kappa shape index (κ1) is 53.1. The summed E-state index contributed by atoms with van der Waals surface area (Å²) >= 11 is 11.9. The standard InChI is InChI=1S/C27H23Cl2N13O12S3.3Na/c1-3-42-21(44)17(19(30)43)9(2)18(22(42)45)41-40-13-7-12(15(56(49,50)51)8-16(13)57(52,53)54)33-26-35-20(34-23(28)37-26)10-4-5-14(55(46,47)48)11(6-10)32-27-38-24(29)36-25(31)39-27;;;/h4-8,44H,3H2,1-2H3,(H2,30,43)(H,46,47,48)(H,49,50,51)(H,52,53,54)(H,33,34,35,37)(H3,31,32,36,38,39);;;/q;3*+1/p-3. The molecule has 5 rings (SSSR count). The summed E-state index contributed by atoms with van der Waals surface area (Å²) in [5.41, 5.74) is 0.397. The van der Waals surface area contributed by atoms with Crippen LogP contribution in [0.4, 0.5) is 40.6 Å². The molecule has 0 unspecified atom stereocenters. The Kier molecular flexibility index (Phi) is 18.1. The van der Waals surface area contributed by atoms with Crippen molar-refractivity contribution in [2.75, 3.05) is 16.4 Å². The van der Waals surface area contributed by atoms with E-state index in [4.69, 9.17) is 34.3 Å². The number of hydrogen-bond donors (Lipinski definition) is 6. The third kappa shape index (κ3) is 12.1. The van der Waals surface area contributed by atoms with E-state index >= 15 is 0 Å². The Bertz CT molecular complexity index is 2950. The first-order chi connectivity index (χ1) is 26.4. The second-order valence-corrected chi connectivity index (χ2v) is 15.8. The summed E-state index contributed by atoms with van der Waals surface area (Å²) in [7, 11) is -15.9. The number of nitrogen functional groups attached to an aromatic ring is 1. The summed E-state index contributed by atoms with van der Waals surface area (Å²) in [6, 6.07) is 3.80. The van der Waals surface area contributed by atoms with Crippen LogP contribution in [0.25, 0.3) is 11.4 Å². The molecule has 0 fully saturated rings. The van der Waals surface area contributed by atoms with Gasteiger partial charge in [0.05, 0.1) is 16.3 Å². The van der Waals surface area contributed by atoms with Crippen molar-refractivity contribution >= 4 is 100 Å². The Hall–Kier alpha value is -3.01. The molecule has 0 aliphatic rings. The van der Waals surface area contributed by atoms with Crippen molar-refractivity contribution in [3.8, 4) is 17.3 Å². The summed E-state index contributed by atoms with van der Waals surface area (Å²) in [6.45, 7) is 2.17. The first-order valence-electron chi connectivity index (χ1n) is 14.9. The molecule has 0 aliphatic heterocycles. The molecule has 0 bridgehead atoms. The summed E-state index contributed by atoms with van der Waals surface area (Å²) in [6.07, 6.45) is 0. The fourth-order valence-corrected chi connectivity index (χ4v) is 7.20. The normalized spacial score (nSPS) is 11.6. The van der Waals surface area contributed by atoms with Crippen LogP contribution in [0, 0.1) is 12.3 Å². The molecule has 5 aromatic rings. The summed E-state index contributed by atoms with van der Waals surface area (Å²) in [5, 5.41) is 43.2. The molecule has 0 saturated carbocycles. The number of aromatic nitrogens is 7. The van der Waals surface area contributed by atoms with E-state index < -0.39 is 113 Å². The third-order valence-electron chi connectivity index (χ3n) is 7.29. The Morgan fingerprint density at radius 3 is 1.92 bits per heavy atom. The van der Waals surface area contributed by atoms with Gasteiger partial charge in [0, 0.05) is 12.1 Å². The number of hydrogen-bond acceptors (Lipinski definition) is 22. The predicted molar refractivity (Wildman–Crippen MR) is 192 cm³/mol. The van der Waals surface area contributed by atoms with Crippen LogP contribution in [0.3, 0.4) is 0 Å². The number of halogens is 2. The molecule has 0 radical (unpaired) electrons. The van der Waals surface area contributed by atoms with E-state index in [1.807, 2.05) is 0 Å². The van der Waals surface area contributed by atoms with Crippen molar-refractivity contribution in [1.82, 2.24) is 34.5 Å². The van der Waals surface area contributed by atoms with Gasteiger partial charge in [-0.25, -0.2) is 8.42 Å². The van der Waals surface area contributed by atoms with Crippen molar-refractivity contribution in [2.45, 2.75) is 35.1 Å². The van der Waals surface area contributed by atoms with Gasteiger partial charge in [-0.05, 0) is 90.3 Å². The van der Waals surface area contributed by atoms with Gasteiger partial charge in [0.25, 0.3) is 25.8 Å². The maximum absolute atomic E-state index is 13.0. The van der Waals surface area contributed by atoms with Crippen LogP contribution in [-0.4, -0.2) is 79.3 Å². The molecule has 2 aromatic carbocycles. The fourth-order valence-electron chi connectivity index (χ4n) is 4.90. The largest absolute Gasteiger partial charge is 1.00 e. The monoisotopic (exact) mass is 953 g/mol. The number of pyridine rings is 1. The molecule has 0 aliphatic carbocycles. The van der Waals surface area contributed by atoms with Crippen molar-refractivity contribution < 1.29 is 138 Å². The molecule has 3 aromatic heterocycles. The van der Waals surface area contributed by atoms with Crippen LogP contribution >= 0.6 is 23.2 Å². The van der Waals surface area contributed by atoms with Crippen LogP contribution in [0.1, 0.15) is 18.1 Å². The molecule has 0 amide bonds. The summed E-state index contributed by atoms with van der Waals surface area (Å²) in [4.78, 5) is 32.6. The Morgan fingerprint density at radius 1 is 0.850 bits per heavy atom. The molecular formula is C27H20Cl2N13Na3O12S3. The molecule has 300 valence electrons. The van der Waals surface area contributed by atoms with E-state index in [1.165, 1.54) is 6.92 Å². The zero-order valence-corrected chi connectivity index (χ0v) is 41.1. The van der Waals surface area contributed by atoms with Gasteiger partial charge in [0.15, 0.2) is 11.5 Å². The minimum absolute atomic E-state index is 0. The average Bonchev–Trinajstić information content (AvgIpc) is 3.06. The van der Waals surface area contributed by atoms with Gasteiger partial charge in [0.2, 0.25) is 28.4 Å². The van der Waals surface area contributed by atoms with E-state index in [1.54, 1.807) is 0 Å². The third-order valence-corrected chi connectivity index (χ3v) is 10.3. The number of anilines is 5. The SMILES string of the molecule is CCn1c([O-])c(C(=N)[O-])c(C)c(N=Nc2cc(Nc3nc(Cl)nc(-c4ccc(S(=O)(=O)[O-])c(Nc5nc(N)nc(Cl)n5)c4)n3)c(S(=O)(=O)O)cc2S(=O)(=O)O)c1=O.[Na+].[Na+].[Na+]. The number of nitrogens with one attached hydrogen (secondary N) is 3. The second-order valence-electron chi connectivity index (χ2n) is 11.0. The van der Waals surface area contributed by atoms with Gasteiger partial charge in [0.1, 0.15) is 25.6 Å². The van der Waals surface area contributed by atoms with Crippen molar-refractivity contribution in [1.29, 1.82) is 5.41 Å². The van der Waals surface area contributed by atoms with Gasteiger partial charge in [-0.15, -0.1) is 10.2 Å². The second kappa shape index (κ2) is 20.4. The maximum atomic E-state index is 13.0. The van der Waals surface area contributed by atoms with E-state index in [-0.39, 0.29) is 125 Å². The van der Waals surface area contributed by atoms with Crippen LogP contribution < -0.4 is 121 Å². The zero-order valence-electron chi connectivity index (χ0n) is 31.2. The number of rotatable bonds is 12. The Balaban J connectivity index is 0.00000413. The smallest absolute Gasteiger partial charge is 0.860 e. The van der Waals surface area contributed by atoms with E-state index in [0.717, 1.165) is 25.1 Å². The minimum Gasteiger partial charge on any atom is -0.860 e. The zero-order chi connectivity index (χ0) is 42.4. The molecule has 0 spiro atoms. The van der Waals surface area contributed by atoms with Gasteiger partial charge in [-0.1, -0.05) is 0 Å². The minimum atomic E-state index is -5.40. The van der Waals surface area contributed by atoms with Crippen LogP contribution in [0.15, 0.2) is 60.0 Å². The molecule has 33 heteroatoms. The Labute approximate surface area is 414 Å². The number of azo groups is 1. The number of nitrogens with two attached hydrogens (primary N) is 1. The Morgan fingerprint density at radius 2 is 1.40 bits per heavy atom. The molecule has 25 nitrogen and oxygen atoms in total. The first-order valence-corrected chi connectivity index (χ1v) is 19.9. The number of benzene rings is 2. The molecule has 3 heterocycles. The van der Waals surface area contributed by atoms with E-state index in [9.17, 15) is 53.9 Å². The predicted octanol–water partition coefficient (Wildman–Crippen LogP) is -7.83. The van der Waals surface area contributed by atoms with Crippen LogP contribution in [-0.2, 0) is 36.9 Å². The van der Waals surface area contributed by atoms with Gasteiger partial charge >= 0.3 is 88.7 Å². The van der Waals surface area contributed by atoms with Crippen molar-refractivity contribution in [3.63, 3.8) is 0 Å². The molecule has 0 saturated heterocycles. The van der Waals surface area contributed by atoms with E-state index in [0.29, 0.717) is 10.6 Å². The molecule has 7 N–H and O–H groups in total. The molecule has 60 heavy (non-hydrogen) atoms. The van der Waals surface area contributed by atoms with Gasteiger partial charge in [-0.3, -0.25) is 13.9 Å². The quantitative estimate of drug-likeness (QED) is 0.0222. The average molecular weight is 955 g/mol. The molecule has 0 atom stereocenters. The summed E-state index contributed by atoms with van der Waals surface area (Å²) < 4.78 is 106. The topological polar surface area (TPSA) is 410 Å². The van der Waals surface area contributed by atoms with Crippen molar-refractivity contribution in [2.24, 2.45) is 10.2 Å². The van der Waals surface area contributed by atoms with Gasteiger partial charge < -0.3 is 41.1 Å². The molecular weight excluding hydrogens is 934 g/mol.